The maximum Gasteiger partial charge on any atom is 0.417 e. The van der Waals surface area contributed by atoms with Gasteiger partial charge in [0.15, 0.2) is 0 Å². The standard InChI is InChI=1S/C17H19F3N2/c1-11(2)9-15(21)12-3-5-13(6-4-12)16-8-7-14(10-22-16)17(18,19)20/h3-8,10-11,15H,9,21H2,1-2H3. The summed E-state index contributed by atoms with van der Waals surface area (Å²) in [6.07, 6.45) is -2.62. The van der Waals surface area contributed by atoms with Gasteiger partial charge in [0.2, 0.25) is 0 Å². The van der Waals surface area contributed by atoms with E-state index in [-0.39, 0.29) is 6.04 Å². The van der Waals surface area contributed by atoms with E-state index in [2.05, 4.69) is 18.8 Å². The summed E-state index contributed by atoms with van der Waals surface area (Å²) < 4.78 is 37.5. The lowest BCUT2D eigenvalue weighted by atomic mass is 9.96. The van der Waals surface area contributed by atoms with Gasteiger partial charge in [0, 0.05) is 17.8 Å². The zero-order chi connectivity index (χ0) is 16.3. The third-order valence-corrected chi connectivity index (χ3v) is 3.45. The minimum Gasteiger partial charge on any atom is -0.324 e. The lowest BCUT2D eigenvalue weighted by Crippen LogP contribution is -2.12. The number of hydrogen-bond donors (Lipinski definition) is 1. The van der Waals surface area contributed by atoms with Gasteiger partial charge in [0.05, 0.1) is 11.3 Å². The van der Waals surface area contributed by atoms with Gasteiger partial charge in [-0.3, -0.25) is 4.98 Å². The van der Waals surface area contributed by atoms with Gasteiger partial charge in [-0.2, -0.15) is 13.2 Å². The molecular formula is C17H19F3N2. The van der Waals surface area contributed by atoms with Crippen molar-refractivity contribution in [2.75, 3.05) is 0 Å². The highest BCUT2D eigenvalue weighted by molar-refractivity contribution is 5.59. The van der Waals surface area contributed by atoms with Crippen LogP contribution in [0.15, 0.2) is 42.6 Å². The maximum absolute atomic E-state index is 12.5. The van der Waals surface area contributed by atoms with Gasteiger partial charge >= 0.3 is 6.18 Å². The van der Waals surface area contributed by atoms with Crippen LogP contribution in [-0.2, 0) is 6.18 Å². The van der Waals surface area contributed by atoms with Crippen LogP contribution >= 0.6 is 0 Å². The highest BCUT2D eigenvalue weighted by Crippen LogP contribution is 2.30. The van der Waals surface area contributed by atoms with Crippen LogP contribution in [-0.4, -0.2) is 4.98 Å². The van der Waals surface area contributed by atoms with Crippen molar-refractivity contribution in [1.29, 1.82) is 0 Å². The molecule has 0 spiro atoms. The van der Waals surface area contributed by atoms with Gasteiger partial charge in [-0.25, -0.2) is 0 Å². The number of nitrogens with zero attached hydrogens (tertiary/aromatic N) is 1. The van der Waals surface area contributed by atoms with Crippen molar-refractivity contribution in [1.82, 2.24) is 4.98 Å². The Labute approximate surface area is 128 Å². The second-order valence-electron chi connectivity index (χ2n) is 5.79. The predicted molar refractivity (Wildman–Crippen MR) is 81.1 cm³/mol. The first kappa shape index (κ1) is 16.5. The van der Waals surface area contributed by atoms with Gasteiger partial charge in [-0.05, 0) is 30.0 Å². The highest BCUT2D eigenvalue weighted by atomic mass is 19.4. The van der Waals surface area contributed by atoms with Crippen LogP contribution in [0.5, 0.6) is 0 Å². The summed E-state index contributed by atoms with van der Waals surface area (Å²) >= 11 is 0. The number of benzene rings is 1. The molecule has 1 aromatic heterocycles. The first-order valence-electron chi connectivity index (χ1n) is 7.16. The Balaban J connectivity index is 2.17. The van der Waals surface area contributed by atoms with Gasteiger partial charge in [0.25, 0.3) is 0 Å². The van der Waals surface area contributed by atoms with Crippen molar-refractivity contribution in [3.63, 3.8) is 0 Å². The van der Waals surface area contributed by atoms with Crippen LogP contribution < -0.4 is 5.73 Å². The fourth-order valence-electron chi connectivity index (χ4n) is 2.28. The van der Waals surface area contributed by atoms with E-state index in [1.807, 2.05) is 24.3 Å². The summed E-state index contributed by atoms with van der Waals surface area (Å²) in [7, 11) is 0. The molecule has 0 amide bonds. The molecular weight excluding hydrogens is 289 g/mol. The Morgan fingerprint density at radius 3 is 2.14 bits per heavy atom. The number of halogens is 3. The average Bonchev–Trinajstić information content (AvgIpc) is 2.46. The Kier molecular flexibility index (Phi) is 4.86. The van der Waals surface area contributed by atoms with Crippen LogP contribution in [0.1, 0.15) is 37.4 Å². The first-order valence-corrected chi connectivity index (χ1v) is 7.16. The zero-order valence-electron chi connectivity index (χ0n) is 12.6. The second kappa shape index (κ2) is 6.48. The lowest BCUT2D eigenvalue weighted by Gasteiger charge is -2.15. The molecule has 1 unspecified atom stereocenters. The lowest BCUT2D eigenvalue weighted by molar-refractivity contribution is -0.137. The molecule has 1 aromatic carbocycles. The summed E-state index contributed by atoms with van der Waals surface area (Å²) in [6, 6.07) is 9.88. The molecule has 0 saturated heterocycles. The van der Waals surface area contributed by atoms with Crippen molar-refractivity contribution in [2.45, 2.75) is 32.5 Å². The SMILES string of the molecule is CC(C)CC(N)c1ccc(-c2ccc(C(F)(F)F)cn2)cc1. The molecule has 2 rings (SSSR count). The smallest absolute Gasteiger partial charge is 0.324 e. The molecule has 0 aliphatic rings. The highest BCUT2D eigenvalue weighted by Gasteiger charge is 2.30. The molecule has 118 valence electrons. The molecule has 5 heteroatoms. The van der Waals surface area contributed by atoms with E-state index in [0.29, 0.717) is 11.6 Å². The van der Waals surface area contributed by atoms with E-state index in [9.17, 15) is 13.2 Å². The molecule has 1 atom stereocenters. The van der Waals surface area contributed by atoms with Gasteiger partial charge in [-0.1, -0.05) is 38.1 Å². The summed E-state index contributed by atoms with van der Waals surface area (Å²) in [5.41, 5.74) is 7.67. The number of pyridine rings is 1. The van der Waals surface area contributed by atoms with Crippen molar-refractivity contribution in [3.05, 3.63) is 53.7 Å². The van der Waals surface area contributed by atoms with Crippen molar-refractivity contribution < 1.29 is 13.2 Å². The summed E-state index contributed by atoms with van der Waals surface area (Å²) in [5.74, 6) is 0.506. The quantitative estimate of drug-likeness (QED) is 0.880. The van der Waals surface area contributed by atoms with Crippen LogP contribution in [0.3, 0.4) is 0 Å². The second-order valence-corrected chi connectivity index (χ2v) is 5.79. The molecule has 0 saturated carbocycles. The monoisotopic (exact) mass is 308 g/mol. The molecule has 0 aliphatic heterocycles. The molecule has 0 radical (unpaired) electrons. The Morgan fingerprint density at radius 1 is 1.05 bits per heavy atom. The van der Waals surface area contributed by atoms with Gasteiger partial charge in [-0.15, -0.1) is 0 Å². The van der Waals surface area contributed by atoms with Crippen LogP contribution in [0.2, 0.25) is 0 Å². The molecule has 2 nitrogen and oxygen atoms in total. The third-order valence-electron chi connectivity index (χ3n) is 3.45. The molecule has 0 fully saturated rings. The number of hydrogen-bond acceptors (Lipinski definition) is 2. The van der Waals surface area contributed by atoms with Crippen molar-refractivity contribution in [3.8, 4) is 11.3 Å². The third kappa shape index (κ3) is 4.07. The molecule has 2 aromatic rings. The molecule has 0 aliphatic carbocycles. The fourth-order valence-corrected chi connectivity index (χ4v) is 2.28. The van der Waals surface area contributed by atoms with E-state index in [1.165, 1.54) is 6.07 Å². The van der Waals surface area contributed by atoms with Crippen molar-refractivity contribution >= 4 is 0 Å². The van der Waals surface area contributed by atoms with E-state index in [4.69, 9.17) is 5.73 Å². The Morgan fingerprint density at radius 2 is 1.68 bits per heavy atom. The number of alkyl halides is 3. The first-order chi connectivity index (χ1) is 10.3. The Bertz CT molecular complexity index is 601. The molecule has 22 heavy (non-hydrogen) atoms. The van der Waals surface area contributed by atoms with Crippen LogP contribution in [0, 0.1) is 5.92 Å². The van der Waals surface area contributed by atoms with Crippen LogP contribution in [0.4, 0.5) is 13.2 Å². The molecule has 0 bridgehead atoms. The van der Waals surface area contributed by atoms with E-state index in [1.54, 1.807) is 0 Å². The minimum absolute atomic E-state index is 0.0328. The summed E-state index contributed by atoms with van der Waals surface area (Å²) in [5, 5.41) is 0. The average molecular weight is 308 g/mol. The van der Waals surface area contributed by atoms with E-state index < -0.39 is 11.7 Å². The van der Waals surface area contributed by atoms with E-state index in [0.717, 1.165) is 29.8 Å². The van der Waals surface area contributed by atoms with Gasteiger partial charge in [0.1, 0.15) is 0 Å². The predicted octanol–water partition coefficient (Wildman–Crippen LogP) is 4.81. The van der Waals surface area contributed by atoms with Gasteiger partial charge < -0.3 is 5.73 Å². The molecule has 2 N–H and O–H groups in total. The number of aromatic nitrogens is 1. The topological polar surface area (TPSA) is 38.9 Å². The summed E-state index contributed by atoms with van der Waals surface area (Å²) in [6.45, 7) is 4.22. The minimum atomic E-state index is -4.36. The Hall–Kier alpha value is -1.88. The van der Waals surface area contributed by atoms with Crippen molar-refractivity contribution in [2.24, 2.45) is 11.7 Å². The summed E-state index contributed by atoms with van der Waals surface area (Å²) in [4.78, 5) is 3.89. The largest absolute Gasteiger partial charge is 0.417 e. The van der Waals surface area contributed by atoms with E-state index >= 15 is 0 Å². The zero-order valence-corrected chi connectivity index (χ0v) is 12.6. The number of nitrogens with two attached hydrogens (primary N) is 1. The number of rotatable bonds is 4. The fraction of sp³-hybridized carbons (Fsp3) is 0.353. The normalized spacial score (nSPS) is 13.4. The maximum atomic E-state index is 12.5. The van der Waals surface area contributed by atoms with Crippen LogP contribution in [0.25, 0.3) is 11.3 Å². The molecule has 1 heterocycles.